The molecule has 6 nitrogen and oxygen atoms in total. The van der Waals surface area contributed by atoms with Crippen molar-refractivity contribution in [3.63, 3.8) is 0 Å². The molecular formula is C19H22N4O2. The van der Waals surface area contributed by atoms with Crippen LogP contribution in [0.25, 0.3) is 22.3 Å². The number of nitrogens with one attached hydrogen (secondary N) is 1. The van der Waals surface area contributed by atoms with Crippen LogP contribution in [0.15, 0.2) is 36.4 Å². The molecule has 1 atom stereocenters. The van der Waals surface area contributed by atoms with E-state index >= 15 is 0 Å². The highest BCUT2D eigenvalue weighted by Crippen LogP contribution is 2.26. The van der Waals surface area contributed by atoms with Crippen LogP contribution < -0.4 is 5.32 Å². The second-order valence-corrected chi connectivity index (χ2v) is 6.16. The second kappa shape index (κ2) is 7.03. The minimum absolute atomic E-state index is 0.0853. The molecule has 0 bridgehead atoms. The quantitative estimate of drug-likeness (QED) is 0.776. The number of hydrogen-bond donors (Lipinski definition) is 1. The summed E-state index contributed by atoms with van der Waals surface area (Å²) in [6.07, 6.45) is 0. The van der Waals surface area contributed by atoms with Gasteiger partial charge in [0.25, 0.3) is 5.91 Å². The predicted molar refractivity (Wildman–Crippen MR) is 97.5 cm³/mol. The van der Waals surface area contributed by atoms with Gasteiger partial charge < -0.3 is 10.1 Å². The van der Waals surface area contributed by atoms with Crippen LogP contribution in [-0.4, -0.2) is 40.4 Å². The van der Waals surface area contributed by atoms with Gasteiger partial charge >= 0.3 is 0 Å². The molecule has 0 aliphatic heterocycles. The lowest BCUT2D eigenvalue weighted by atomic mass is 10.0. The van der Waals surface area contributed by atoms with Gasteiger partial charge in [0.05, 0.1) is 28.9 Å². The van der Waals surface area contributed by atoms with E-state index in [-0.39, 0.29) is 11.9 Å². The normalized spacial score (nSPS) is 12.3. The molecule has 0 aliphatic rings. The minimum atomic E-state index is -0.148. The van der Waals surface area contributed by atoms with Crippen molar-refractivity contribution in [1.29, 1.82) is 0 Å². The summed E-state index contributed by atoms with van der Waals surface area (Å²) in [7, 11) is 3.46. The zero-order valence-corrected chi connectivity index (χ0v) is 14.9. The number of carbonyl (C=O) groups is 1. The van der Waals surface area contributed by atoms with Crippen molar-refractivity contribution in [3.8, 4) is 11.3 Å². The molecule has 0 radical (unpaired) electrons. The van der Waals surface area contributed by atoms with Crippen molar-refractivity contribution < 1.29 is 9.53 Å². The Bertz CT molecular complexity index is 903. The number of benzene rings is 1. The number of nitrogens with zero attached hydrogens (tertiary/aromatic N) is 3. The zero-order chi connectivity index (χ0) is 18.0. The molecule has 2 heterocycles. The maximum atomic E-state index is 12.9. The molecule has 0 unspecified atom stereocenters. The topological polar surface area (TPSA) is 69.0 Å². The van der Waals surface area contributed by atoms with Gasteiger partial charge in [0.1, 0.15) is 0 Å². The molecule has 3 aromatic rings. The largest absolute Gasteiger partial charge is 0.383 e. The van der Waals surface area contributed by atoms with Crippen molar-refractivity contribution in [2.75, 3.05) is 13.7 Å². The monoisotopic (exact) mass is 338 g/mol. The zero-order valence-electron chi connectivity index (χ0n) is 14.9. The van der Waals surface area contributed by atoms with Gasteiger partial charge in [0, 0.05) is 25.8 Å². The first-order valence-electron chi connectivity index (χ1n) is 8.20. The van der Waals surface area contributed by atoms with E-state index in [1.54, 1.807) is 11.8 Å². The molecule has 3 rings (SSSR count). The van der Waals surface area contributed by atoms with Crippen LogP contribution in [0.4, 0.5) is 0 Å². The van der Waals surface area contributed by atoms with Crippen LogP contribution in [0.1, 0.15) is 23.0 Å². The summed E-state index contributed by atoms with van der Waals surface area (Å²) in [5, 5.41) is 8.19. The standard InChI is InChI=1S/C19H22N4O2/c1-12(11-25-4)20-19(24)15-10-16(14-8-6-5-7-9-14)21-18-17(15)13(2)22-23(18)3/h5-10,12H,11H2,1-4H3,(H,20,24)/t12-/m1/s1. The molecule has 0 saturated heterocycles. The summed E-state index contributed by atoms with van der Waals surface area (Å²) in [4.78, 5) is 17.6. The number of hydrogen-bond acceptors (Lipinski definition) is 4. The fraction of sp³-hybridized carbons (Fsp3) is 0.316. The SMILES string of the molecule is COC[C@@H](C)NC(=O)c1cc(-c2ccccc2)nc2c1c(C)nn2C. The van der Waals surface area contributed by atoms with E-state index in [0.717, 1.165) is 22.3 Å². The molecule has 130 valence electrons. The lowest BCUT2D eigenvalue weighted by Crippen LogP contribution is -2.35. The molecule has 0 aliphatic carbocycles. The Labute approximate surface area is 146 Å². The molecule has 1 N–H and O–H groups in total. The highest BCUT2D eigenvalue weighted by molar-refractivity contribution is 6.07. The van der Waals surface area contributed by atoms with Crippen LogP contribution >= 0.6 is 0 Å². The molecule has 0 saturated carbocycles. The average molecular weight is 338 g/mol. The number of rotatable bonds is 5. The Morgan fingerprint density at radius 1 is 1.32 bits per heavy atom. The van der Waals surface area contributed by atoms with Gasteiger partial charge in [-0.3, -0.25) is 9.48 Å². The first-order valence-corrected chi connectivity index (χ1v) is 8.20. The summed E-state index contributed by atoms with van der Waals surface area (Å²) in [5.41, 5.74) is 3.78. The lowest BCUT2D eigenvalue weighted by Gasteiger charge is -2.14. The first kappa shape index (κ1) is 17.1. The highest BCUT2D eigenvalue weighted by Gasteiger charge is 2.20. The maximum Gasteiger partial charge on any atom is 0.252 e. The lowest BCUT2D eigenvalue weighted by molar-refractivity contribution is 0.0907. The highest BCUT2D eigenvalue weighted by atomic mass is 16.5. The number of aryl methyl sites for hydroxylation is 2. The van der Waals surface area contributed by atoms with Crippen LogP contribution in [0.2, 0.25) is 0 Å². The van der Waals surface area contributed by atoms with Crippen LogP contribution in [0, 0.1) is 6.92 Å². The van der Waals surface area contributed by atoms with Gasteiger partial charge in [0.15, 0.2) is 5.65 Å². The van der Waals surface area contributed by atoms with E-state index in [9.17, 15) is 4.79 Å². The predicted octanol–water partition coefficient (Wildman–Crippen LogP) is 2.71. The Morgan fingerprint density at radius 2 is 2.04 bits per heavy atom. The van der Waals surface area contributed by atoms with Crippen molar-refractivity contribution >= 4 is 16.9 Å². The first-order chi connectivity index (χ1) is 12.0. The van der Waals surface area contributed by atoms with Crippen molar-refractivity contribution in [2.24, 2.45) is 7.05 Å². The Morgan fingerprint density at radius 3 is 2.72 bits per heavy atom. The summed E-state index contributed by atoms with van der Waals surface area (Å²) < 4.78 is 6.82. The maximum absolute atomic E-state index is 12.9. The Balaban J connectivity index is 2.13. The number of pyridine rings is 1. The molecule has 25 heavy (non-hydrogen) atoms. The van der Waals surface area contributed by atoms with Gasteiger partial charge in [0.2, 0.25) is 0 Å². The third kappa shape index (κ3) is 3.39. The molecule has 0 spiro atoms. The Hall–Kier alpha value is -2.73. The smallest absolute Gasteiger partial charge is 0.252 e. The van der Waals surface area contributed by atoms with Crippen molar-refractivity contribution in [3.05, 3.63) is 47.7 Å². The van der Waals surface area contributed by atoms with Crippen LogP contribution in [0.3, 0.4) is 0 Å². The van der Waals surface area contributed by atoms with Crippen molar-refractivity contribution in [2.45, 2.75) is 19.9 Å². The summed E-state index contributed by atoms with van der Waals surface area (Å²) >= 11 is 0. The number of carbonyl (C=O) groups excluding carboxylic acids is 1. The van der Waals surface area contributed by atoms with Crippen LogP contribution in [-0.2, 0) is 11.8 Å². The van der Waals surface area contributed by atoms with E-state index in [2.05, 4.69) is 10.4 Å². The van der Waals surface area contributed by atoms with Crippen molar-refractivity contribution in [1.82, 2.24) is 20.1 Å². The van der Waals surface area contributed by atoms with E-state index in [1.165, 1.54) is 0 Å². The molecule has 2 aromatic heterocycles. The molecule has 1 amide bonds. The molecule has 6 heteroatoms. The van der Waals surface area contributed by atoms with Gasteiger partial charge in [-0.15, -0.1) is 0 Å². The summed E-state index contributed by atoms with van der Waals surface area (Å²) in [5.74, 6) is -0.148. The van der Waals surface area contributed by atoms with Gasteiger partial charge in [-0.05, 0) is 19.9 Å². The fourth-order valence-corrected chi connectivity index (χ4v) is 2.97. The fourth-order valence-electron chi connectivity index (χ4n) is 2.97. The van der Waals surface area contributed by atoms with E-state index in [0.29, 0.717) is 17.8 Å². The Kier molecular flexibility index (Phi) is 4.81. The second-order valence-electron chi connectivity index (χ2n) is 6.16. The third-order valence-corrected chi connectivity index (χ3v) is 4.08. The van der Waals surface area contributed by atoms with Gasteiger partial charge in [-0.1, -0.05) is 30.3 Å². The number of methoxy groups -OCH3 is 1. The number of amides is 1. The summed E-state index contributed by atoms with van der Waals surface area (Å²) in [6.45, 7) is 4.26. The minimum Gasteiger partial charge on any atom is -0.383 e. The van der Waals surface area contributed by atoms with Gasteiger partial charge in [-0.25, -0.2) is 4.98 Å². The van der Waals surface area contributed by atoms with E-state index in [4.69, 9.17) is 9.72 Å². The number of aromatic nitrogens is 3. The molecule has 1 aromatic carbocycles. The van der Waals surface area contributed by atoms with E-state index in [1.807, 2.05) is 57.3 Å². The average Bonchev–Trinajstić information content (AvgIpc) is 2.89. The number of fused-ring (bicyclic) bond motifs is 1. The molecular weight excluding hydrogens is 316 g/mol. The third-order valence-electron chi connectivity index (χ3n) is 4.08. The van der Waals surface area contributed by atoms with Gasteiger partial charge in [-0.2, -0.15) is 5.10 Å². The molecule has 0 fully saturated rings. The summed E-state index contributed by atoms with van der Waals surface area (Å²) in [6, 6.07) is 11.6. The van der Waals surface area contributed by atoms with Crippen LogP contribution in [0.5, 0.6) is 0 Å². The number of ether oxygens (including phenoxy) is 1. The van der Waals surface area contributed by atoms with E-state index < -0.39 is 0 Å².